The van der Waals surface area contributed by atoms with E-state index in [4.69, 9.17) is 5.11 Å². The van der Waals surface area contributed by atoms with Gasteiger partial charge in [0, 0.05) is 13.2 Å². The zero-order chi connectivity index (χ0) is 7.73. The molecule has 64 valence electrons. The predicted molar refractivity (Wildman–Crippen MR) is 44.3 cm³/mol. The van der Waals surface area contributed by atoms with Crippen molar-refractivity contribution in [3.8, 4) is 0 Å². The normalized spacial score (nSPS) is 43.9. The minimum absolute atomic E-state index is 0.404. The summed E-state index contributed by atoms with van der Waals surface area (Å²) < 4.78 is 0. The zero-order valence-corrected chi connectivity index (χ0v) is 6.97. The maximum Gasteiger partial charge on any atom is 0.0465 e. The van der Waals surface area contributed by atoms with Crippen LogP contribution < -0.4 is 5.32 Å². The van der Waals surface area contributed by atoms with Crippen molar-refractivity contribution < 1.29 is 5.11 Å². The zero-order valence-electron chi connectivity index (χ0n) is 6.97. The van der Waals surface area contributed by atoms with Gasteiger partial charge in [0.2, 0.25) is 0 Å². The van der Waals surface area contributed by atoms with Crippen molar-refractivity contribution in [3.05, 3.63) is 0 Å². The van der Waals surface area contributed by atoms with E-state index in [1.54, 1.807) is 0 Å². The number of aliphatic hydroxyl groups excluding tert-OH is 1. The summed E-state index contributed by atoms with van der Waals surface area (Å²) in [6, 6.07) is 0. The molecule has 0 aromatic heterocycles. The molecule has 2 rings (SSSR count). The largest absolute Gasteiger partial charge is 0.396 e. The molecule has 2 heteroatoms. The Hall–Kier alpha value is -0.0800. The molecule has 11 heavy (non-hydrogen) atoms. The summed E-state index contributed by atoms with van der Waals surface area (Å²) in [5.41, 5.74) is 0.495. The van der Waals surface area contributed by atoms with Crippen molar-refractivity contribution in [2.75, 3.05) is 19.7 Å². The molecule has 2 unspecified atom stereocenters. The van der Waals surface area contributed by atoms with Crippen molar-refractivity contribution in [3.63, 3.8) is 0 Å². The average Bonchev–Trinajstić information content (AvgIpc) is 2.62. The molecule has 1 saturated carbocycles. The molecule has 0 amide bonds. The fourth-order valence-electron chi connectivity index (χ4n) is 2.82. The van der Waals surface area contributed by atoms with Crippen LogP contribution >= 0.6 is 0 Å². The molecule has 2 aliphatic rings. The van der Waals surface area contributed by atoms with E-state index in [1.165, 1.54) is 25.7 Å². The monoisotopic (exact) mass is 155 g/mol. The predicted octanol–water partition coefficient (Wildman–Crippen LogP) is 0.758. The third kappa shape index (κ3) is 1.09. The molecule has 2 N–H and O–H groups in total. The van der Waals surface area contributed by atoms with Crippen molar-refractivity contribution in [2.24, 2.45) is 11.3 Å². The van der Waals surface area contributed by atoms with Crippen LogP contribution in [-0.4, -0.2) is 24.8 Å². The van der Waals surface area contributed by atoms with Gasteiger partial charge < -0.3 is 10.4 Å². The Labute approximate surface area is 68.0 Å². The Bertz CT molecular complexity index is 135. The molecule has 1 aliphatic heterocycles. The molecule has 0 aromatic rings. The van der Waals surface area contributed by atoms with Gasteiger partial charge in [0.25, 0.3) is 0 Å². The van der Waals surface area contributed by atoms with Gasteiger partial charge in [-0.2, -0.15) is 0 Å². The van der Waals surface area contributed by atoms with Crippen molar-refractivity contribution in [2.45, 2.75) is 25.7 Å². The maximum atomic E-state index is 9.16. The van der Waals surface area contributed by atoms with Gasteiger partial charge in [0.1, 0.15) is 0 Å². The fourth-order valence-corrected chi connectivity index (χ4v) is 2.82. The number of hydrogen-bond donors (Lipinski definition) is 2. The van der Waals surface area contributed by atoms with Crippen LogP contribution in [-0.2, 0) is 0 Å². The van der Waals surface area contributed by atoms with Crippen LogP contribution in [0.1, 0.15) is 25.7 Å². The molecule has 0 bridgehead atoms. The van der Waals surface area contributed by atoms with Crippen LogP contribution in [0.5, 0.6) is 0 Å². The van der Waals surface area contributed by atoms with Gasteiger partial charge in [-0.25, -0.2) is 0 Å². The van der Waals surface area contributed by atoms with Crippen molar-refractivity contribution >= 4 is 0 Å². The Morgan fingerprint density at radius 3 is 3.00 bits per heavy atom. The number of aliphatic hydroxyl groups is 1. The summed E-state index contributed by atoms with van der Waals surface area (Å²) in [4.78, 5) is 0. The first-order valence-corrected chi connectivity index (χ1v) is 4.69. The highest BCUT2D eigenvalue weighted by Crippen LogP contribution is 2.46. The maximum absolute atomic E-state index is 9.16. The van der Waals surface area contributed by atoms with E-state index < -0.39 is 0 Å². The van der Waals surface area contributed by atoms with Crippen molar-refractivity contribution in [1.82, 2.24) is 5.32 Å². The highest BCUT2D eigenvalue weighted by atomic mass is 16.3. The molecule has 1 saturated heterocycles. The van der Waals surface area contributed by atoms with E-state index in [1.807, 2.05) is 0 Å². The lowest BCUT2D eigenvalue weighted by atomic mass is 9.77. The molecule has 2 fully saturated rings. The first-order valence-electron chi connectivity index (χ1n) is 4.69. The van der Waals surface area contributed by atoms with E-state index in [0.29, 0.717) is 17.9 Å². The summed E-state index contributed by atoms with van der Waals surface area (Å²) in [6.45, 7) is 2.72. The summed E-state index contributed by atoms with van der Waals surface area (Å²) in [5.74, 6) is 0.595. The number of hydrogen-bond acceptors (Lipinski definition) is 2. The van der Waals surface area contributed by atoms with Crippen molar-refractivity contribution in [1.29, 1.82) is 0 Å². The highest BCUT2D eigenvalue weighted by molar-refractivity contribution is 4.96. The van der Waals surface area contributed by atoms with E-state index in [9.17, 15) is 0 Å². The van der Waals surface area contributed by atoms with E-state index in [-0.39, 0.29) is 0 Å². The van der Waals surface area contributed by atoms with Gasteiger partial charge in [0.15, 0.2) is 0 Å². The molecule has 1 heterocycles. The van der Waals surface area contributed by atoms with Gasteiger partial charge in [-0.05, 0) is 37.1 Å². The third-order valence-electron chi connectivity index (χ3n) is 3.59. The second-order valence-corrected chi connectivity index (χ2v) is 4.06. The smallest absolute Gasteiger partial charge is 0.0465 e. The molecule has 2 nitrogen and oxygen atoms in total. The van der Waals surface area contributed by atoms with Gasteiger partial charge >= 0.3 is 0 Å². The summed E-state index contributed by atoms with van der Waals surface area (Å²) in [6.07, 6.45) is 5.20. The topological polar surface area (TPSA) is 32.3 Å². The molecule has 0 aromatic carbocycles. The molecular weight excluding hydrogens is 138 g/mol. The SMILES string of the molecule is OCC1CCCC12CCNC2. The second-order valence-electron chi connectivity index (χ2n) is 4.06. The van der Waals surface area contributed by atoms with Crippen LogP contribution in [0.25, 0.3) is 0 Å². The molecule has 1 aliphatic carbocycles. The average molecular weight is 155 g/mol. The van der Waals surface area contributed by atoms with E-state index in [2.05, 4.69) is 5.32 Å². The molecule has 0 radical (unpaired) electrons. The Morgan fingerprint density at radius 1 is 1.45 bits per heavy atom. The highest BCUT2D eigenvalue weighted by Gasteiger charge is 2.43. The quantitative estimate of drug-likeness (QED) is 0.586. The lowest BCUT2D eigenvalue weighted by Crippen LogP contribution is -2.30. The number of nitrogens with one attached hydrogen (secondary N) is 1. The molecule has 1 spiro atoms. The van der Waals surface area contributed by atoms with Gasteiger partial charge in [0.05, 0.1) is 0 Å². The van der Waals surface area contributed by atoms with Gasteiger partial charge in [-0.3, -0.25) is 0 Å². The first kappa shape index (κ1) is 7.56. The van der Waals surface area contributed by atoms with Crippen LogP contribution in [0.4, 0.5) is 0 Å². The molecule has 2 atom stereocenters. The summed E-state index contributed by atoms with van der Waals surface area (Å²) in [5, 5.41) is 12.6. The Balaban J connectivity index is 2.09. The van der Waals surface area contributed by atoms with Crippen LogP contribution in [0, 0.1) is 11.3 Å². The Kier molecular flexibility index (Phi) is 1.90. The minimum Gasteiger partial charge on any atom is -0.396 e. The van der Waals surface area contributed by atoms with E-state index >= 15 is 0 Å². The molecular formula is C9H17NO. The standard InChI is InChI=1S/C9H17NO/c11-6-8-2-1-3-9(8)4-5-10-7-9/h8,10-11H,1-7H2. The lowest BCUT2D eigenvalue weighted by molar-refractivity contribution is 0.132. The van der Waals surface area contributed by atoms with Gasteiger partial charge in [-0.1, -0.05) is 6.42 Å². The second kappa shape index (κ2) is 2.76. The van der Waals surface area contributed by atoms with E-state index in [0.717, 1.165) is 13.1 Å². The first-order chi connectivity index (χ1) is 5.37. The third-order valence-corrected chi connectivity index (χ3v) is 3.59. The fraction of sp³-hybridized carbons (Fsp3) is 1.00. The van der Waals surface area contributed by atoms with Crippen LogP contribution in [0.15, 0.2) is 0 Å². The minimum atomic E-state index is 0.404. The Morgan fingerprint density at radius 2 is 2.36 bits per heavy atom. The number of rotatable bonds is 1. The van der Waals surface area contributed by atoms with Gasteiger partial charge in [-0.15, -0.1) is 0 Å². The van der Waals surface area contributed by atoms with Crippen LogP contribution in [0.2, 0.25) is 0 Å². The summed E-state index contributed by atoms with van der Waals surface area (Å²) >= 11 is 0. The van der Waals surface area contributed by atoms with Crippen LogP contribution in [0.3, 0.4) is 0 Å². The summed E-state index contributed by atoms with van der Waals surface area (Å²) in [7, 11) is 0. The lowest BCUT2D eigenvalue weighted by Gasteiger charge is -2.28.